The van der Waals surface area contributed by atoms with E-state index in [1.54, 1.807) is 17.0 Å². The smallest absolute Gasteiger partial charge is 0.228 e. The van der Waals surface area contributed by atoms with Gasteiger partial charge in [-0.3, -0.25) is 9.59 Å². The molecule has 1 aliphatic heterocycles. The van der Waals surface area contributed by atoms with E-state index in [0.29, 0.717) is 19.6 Å². The molecule has 2 rings (SSSR count). The summed E-state index contributed by atoms with van der Waals surface area (Å²) in [6, 6.07) is 6.22. The van der Waals surface area contributed by atoms with E-state index in [-0.39, 0.29) is 30.0 Å². The molecule has 0 radical (unpaired) electrons. The van der Waals surface area contributed by atoms with Gasteiger partial charge in [-0.05, 0) is 24.6 Å². The van der Waals surface area contributed by atoms with Crippen LogP contribution >= 0.6 is 0 Å². The number of nitrogens with one attached hydrogen (secondary N) is 1. The van der Waals surface area contributed by atoms with E-state index in [1.165, 1.54) is 12.1 Å². The van der Waals surface area contributed by atoms with Crippen LogP contribution in [0.4, 0.5) is 4.39 Å². The van der Waals surface area contributed by atoms with E-state index < -0.39 is 0 Å². The van der Waals surface area contributed by atoms with Crippen LogP contribution < -0.4 is 5.32 Å². The third kappa shape index (κ3) is 3.30. The van der Waals surface area contributed by atoms with Crippen molar-refractivity contribution in [2.24, 2.45) is 5.92 Å². The second-order valence-electron chi connectivity index (χ2n) is 4.69. The lowest BCUT2D eigenvalue weighted by Gasteiger charge is -2.23. The Bertz CT molecular complexity index is 490. The van der Waals surface area contributed by atoms with Gasteiger partial charge in [0.15, 0.2) is 0 Å². The number of carbonyl (C=O) groups is 2. The molecule has 102 valence electrons. The Kier molecular flexibility index (Phi) is 4.14. The van der Waals surface area contributed by atoms with Crippen LogP contribution in [0.2, 0.25) is 0 Å². The molecule has 1 heterocycles. The zero-order valence-electron chi connectivity index (χ0n) is 10.9. The van der Waals surface area contributed by atoms with Crippen molar-refractivity contribution in [3.8, 4) is 0 Å². The summed E-state index contributed by atoms with van der Waals surface area (Å²) in [4.78, 5) is 25.0. The maximum atomic E-state index is 13.1. The Hall–Kier alpha value is -1.91. The SMILES string of the molecule is CCN(Cc1cccc(F)c1)C(=O)C1CNC(=O)C1. The first kappa shape index (κ1) is 13.5. The van der Waals surface area contributed by atoms with Gasteiger partial charge in [0.2, 0.25) is 11.8 Å². The van der Waals surface area contributed by atoms with Crippen molar-refractivity contribution in [2.45, 2.75) is 19.9 Å². The molecule has 0 aromatic heterocycles. The van der Waals surface area contributed by atoms with Crippen LogP contribution in [0.25, 0.3) is 0 Å². The van der Waals surface area contributed by atoms with Crippen LogP contribution in [0.1, 0.15) is 18.9 Å². The van der Waals surface area contributed by atoms with Crippen molar-refractivity contribution in [3.05, 3.63) is 35.6 Å². The van der Waals surface area contributed by atoms with Crippen LogP contribution in [0.15, 0.2) is 24.3 Å². The quantitative estimate of drug-likeness (QED) is 0.891. The molecule has 1 aliphatic rings. The van der Waals surface area contributed by atoms with E-state index in [4.69, 9.17) is 0 Å². The summed E-state index contributed by atoms with van der Waals surface area (Å²) >= 11 is 0. The summed E-state index contributed by atoms with van der Waals surface area (Å²) in [5, 5.41) is 2.66. The second-order valence-corrected chi connectivity index (χ2v) is 4.69. The van der Waals surface area contributed by atoms with Crippen molar-refractivity contribution >= 4 is 11.8 Å². The number of halogens is 1. The lowest BCUT2D eigenvalue weighted by atomic mass is 10.1. The Morgan fingerprint density at radius 3 is 2.89 bits per heavy atom. The molecule has 1 unspecified atom stereocenters. The second kappa shape index (κ2) is 5.82. The number of benzene rings is 1. The molecule has 19 heavy (non-hydrogen) atoms. The highest BCUT2D eigenvalue weighted by atomic mass is 19.1. The van der Waals surface area contributed by atoms with Crippen molar-refractivity contribution in [3.63, 3.8) is 0 Å². The van der Waals surface area contributed by atoms with Gasteiger partial charge in [-0.25, -0.2) is 4.39 Å². The fourth-order valence-electron chi connectivity index (χ4n) is 2.24. The molecule has 4 nitrogen and oxygen atoms in total. The maximum Gasteiger partial charge on any atom is 0.228 e. The Labute approximate surface area is 111 Å². The molecule has 0 spiro atoms. The van der Waals surface area contributed by atoms with Crippen LogP contribution in [0.3, 0.4) is 0 Å². The molecule has 0 aliphatic carbocycles. The summed E-state index contributed by atoms with van der Waals surface area (Å²) in [7, 11) is 0. The summed E-state index contributed by atoms with van der Waals surface area (Å²) in [6.45, 7) is 3.19. The number of amides is 2. The monoisotopic (exact) mass is 264 g/mol. The minimum atomic E-state index is -0.307. The first-order chi connectivity index (χ1) is 9.10. The molecule has 1 N–H and O–H groups in total. The van der Waals surface area contributed by atoms with Gasteiger partial charge >= 0.3 is 0 Å². The highest BCUT2D eigenvalue weighted by Gasteiger charge is 2.30. The van der Waals surface area contributed by atoms with E-state index >= 15 is 0 Å². The van der Waals surface area contributed by atoms with Gasteiger partial charge in [-0.2, -0.15) is 0 Å². The summed E-state index contributed by atoms with van der Waals surface area (Å²) < 4.78 is 13.1. The van der Waals surface area contributed by atoms with E-state index in [0.717, 1.165) is 5.56 Å². The average Bonchev–Trinajstić information content (AvgIpc) is 2.82. The third-order valence-corrected chi connectivity index (χ3v) is 3.28. The molecule has 1 saturated heterocycles. The van der Waals surface area contributed by atoms with Gasteiger partial charge in [-0.1, -0.05) is 12.1 Å². The van der Waals surface area contributed by atoms with Gasteiger partial charge < -0.3 is 10.2 Å². The number of carbonyl (C=O) groups excluding carboxylic acids is 2. The summed E-state index contributed by atoms with van der Waals surface area (Å²) in [5.41, 5.74) is 0.757. The molecule has 0 bridgehead atoms. The first-order valence-corrected chi connectivity index (χ1v) is 6.40. The van der Waals surface area contributed by atoms with Crippen LogP contribution in [-0.2, 0) is 16.1 Å². The van der Waals surface area contributed by atoms with Gasteiger partial charge in [0.25, 0.3) is 0 Å². The highest BCUT2D eigenvalue weighted by Crippen LogP contribution is 2.15. The molecule has 1 atom stereocenters. The topological polar surface area (TPSA) is 49.4 Å². The zero-order valence-corrected chi connectivity index (χ0v) is 10.9. The Morgan fingerprint density at radius 1 is 1.53 bits per heavy atom. The minimum Gasteiger partial charge on any atom is -0.355 e. The fraction of sp³-hybridized carbons (Fsp3) is 0.429. The normalized spacial score (nSPS) is 18.2. The summed E-state index contributed by atoms with van der Waals surface area (Å²) in [6.07, 6.45) is 0.248. The van der Waals surface area contributed by atoms with Gasteiger partial charge in [-0.15, -0.1) is 0 Å². The van der Waals surface area contributed by atoms with Crippen LogP contribution in [0, 0.1) is 11.7 Å². The first-order valence-electron chi connectivity index (χ1n) is 6.40. The molecule has 1 aromatic rings. The largest absolute Gasteiger partial charge is 0.355 e. The Balaban J connectivity index is 2.03. The van der Waals surface area contributed by atoms with E-state index in [9.17, 15) is 14.0 Å². The molecule has 0 saturated carbocycles. The number of hydrogen-bond acceptors (Lipinski definition) is 2. The predicted octanol–water partition coefficient (Wildman–Crippen LogP) is 1.31. The molecular formula is C14H17FN2O2. The zero-order chi connectivity index (χ0) is 13.8. The van der Waals surface area contributed by atoms with Crippen molar-refractivity contribution in [1.29, 1.82) is 0 Å². The Morgan fingerprint density at radius 2 is 2.32 bits per heavy atom. The number of nitrogens with zero attached hydrogens (tertiary/aromatic N) is 1. The highest BCUT2D eigenvalue weighted by molar-refractivity contribution is 5.89. The fourth-order valence-corrected chi connectivity index (χ4v) is 2.24. The minimum absolute atomic E-state index is 0.0508. The van der Waals surface area contributed by atoms with Crippen LogP contribution in [-0.4, -0.2) is 29.8 Å². The van der Waals surface area contributed by atoms with Crippen molar-refractivity contribution in [2.75, 3.05) is 13.1 Å². The lowest BCUT2D eigenvalue weighted by molar-refractivity contribution is -0.136. The van der Waals surface area contributed by atoms with Crippen molar-refractivity contribution < 1.29 is 14.0 Å². The maximum absolute atomic E-state index is 13.1. The van der Waals surface area contributed by atoms with Gasteiger partial charge in [0.1, 0.15) is 5.82 Å². The molecule has 1 aromatic carbocycles. The van der Waals surface area contributed by atoms with Gasteiger partial charge in [0.05, 0.1) is 5.92 Å². The molecule has 1 fully saturated rings. The number of hydrogen-bond donors (Lipinski definition) is 1. The number of rotatable bonds is 4. The lowest BCUT2D eigenvalue weighted by Crippen LogP contribution is -2.36. The molecular weight excluding hydrogens is 247 g/mol. The van der Waals surface area contributed by atoms with Crippen LogP contribution in [0.5, 0.6) is 0 Å². The standard InChI is InChI=1S/C14H17FN2O2/c1-2-17(9-10-4-3-5-12(15)6-10)14(19)11-7-13(18)16-8-11/h3-6,11H,2,7-9H2,1H3,(H,16,18). The molecule has 5 heteroatoms. The van der Waals surface area contributed by atoms with Gasteiger partial charge in [0, 0.05) is 26.1 Å². The summed E-state index contributed by atoms with van der Waals surface area (Å²) in [5.74, 6) is -0.731. The average molecular weight is 264 g/mol. The predicted molar refractivity (Wildman–Crippen MR) is 68.6 cm³/mol. The van der Waals surface area contributed by atoms with E-state index in [1.807, 2.05) is 6.92 Å². The molecule has 2 amide bonds. The van der Waals surface area contributed by atoms with E-state index in [2.05, 4.69) is 5.32 Å². The van der Waals surface area contributed by atoms with Crippen molar-refractivity contribution in [1.82, 2.24) is 10.2 Å². The third-order valence-electron chi connectivity index (χ3n) is 3.28.